The molecule has 88 valence electrons. The van der Waals surface area contributed by atoms with Crippen LogP contribution in [0.25, 0.3) is 10.8 Å². The van der Waals surface area contributed by atoms with Crippen LogP contribution in [-0.2, 0) is 0 Å². The standard InChI is InChI=1S/C11H10N2O4/c12-11(17)13-8-3-6(14)1-5-2-7(15)4-9(16)10(5)8/h1-4,14-16H,(H3,12,13,17). The summed E-state index contributed by atoms with van der Waals surface area (Å²) in [6.45, 7) is 0. The van der Waals surface area contributed by atoms with Gasteiger partial charge in [-0.1, -0.05) is 0 Å². The summed E-state index contributed by atoms with van der Waals surface area (Å²) in [7, 11) is 0. The van der Waals surface area contributed by atoms with Crippen LogP contribution in [0.5, 0.6) is 17.2 Å². The molecule has 2 amide bonds. The zero-order valence-corrected chi connectivity index (χ0v) is 8.64. The molecule has 2 aromatic carbocycles. The smallest absolute Gasteiger partial charge is 0.316 e. The van der Waals surface area contributed by atoms with Crippen LogP contribution < -0.4 is 11.1 Å². The molecule has 0 fully saturated rings. The SMILES string of the molecule is NC(=O)Nc1cc(O)cc2cc(O)cc(O)c12. The summed E-state index contributed by atoms with van der Waals surface area (Å²) in [5, 5.41) is 31.4. The summed E-state index contributed by atoms with van der Waals surface area (Å²) >= 11 is 0. The summed E-state index contributed by atoms with van der Waals surface area (Å²) in [6, 6.07) is 4.27. The van der Waals surface area contributed by atoms with E-state index in [4.69, 9.17) is 5.73 Å². The highest BCUT2D eigenvalue weighted by Crippen LogP contribution is 2.37. The van der Waals surface area contributed by atoms with Gasteiger partial charge in [-0.2, -0.15) is 0 Å². The maximum Gasteiger partial charge on any atom is 0.316 e. The molecule has 0 aliphatic heterocycles. The van der Waals surface area contributed by atoms with Gasteiger partial charge in [0, 0.05) is 17.5 Å². The molecule has 0 unspecified atom stereocenters. The lowest BCUT2D eigenvalue weighted by molar-refractivity contribution is 0.259. The first-order valence-corrected chi connectivity index (χ1v) is 4.72. The predicted molar refractivity (Wildman–Crippen MR) is 62.1 cm³/mol. The van der Waals surface area contributed by atoms with Crippen molar-refractivity contribution in [2.45, 2.75) is 0 Å². The number of hydrogen-bond acceptors (Lipinski definition) is 4. The molecule has 0 aliphatic carbocycles. The molecule has 0 atom stereocenters. The molecule has 6 N–H and O–H groups in total. The Labute approximate surface area is 95.9 Å². The molecule has 0 aromatic heterocycles. The van der Waals surface area contributed by atoms with Crippen LogP contribution in [0.15, 0.2) is 24.3 Å². The van der Waals surface area contributed by atoms with Crippen LogP contribution in [-0.4, -0.2) is 21.4 Å². The van der Waals surface area contributed by atoms with Gasteiger partial charge in [-0.25, -0.2) is 4.79 Å². The maximum atomic E-state index is 10.8. The lowest BCUT2D eigenvalue weighted by atomic mass is 10.1. The van der Waals surface area contributed by atoms with Crippen molar-refractivity contribution in [1.29, 1.82) is 0 Å². The highest BCUT2D eigenvalue weighted by molar-refractivity contribution is 6.05. The molecule has 0 aliphatic rings. The monoisotopic (exact) mass is 234 g/mol. The summed E-state index contributed by atoms with van der Waals surface area (Å²) in [4.78, 5) is 10.8. The maximum absolute atomic E-state index is 10.8. The zero-order valence-electron chi connectivity index (χ0n) is 8.64. The number of phenols is 3. The number of rotatable bonds is 1. The van der Waals surface area contributed by atoms with Gasteiger partial charge in [-0.15, -0.1) is 0 Å². The summed E-state index contributed by atoms with van der Waals surface area (Å²) < 4.78 is 0. The van der Waals surface area contributed by atoms with Gasteiger partial charge in [-0.3, -0.25) is 0 Å². The van der Waals surface area contributed by atoms with Gasteiger partial charge in [0.2, 0.25) is 0 Å². The van der Waals surface area contributed by atoms with Crippen molar-refractivity contribution < 1.29 is 20.1 Å². The molecule has 6 heteroatoms. The Morgan fingerprint density at radius 3 is 2.24 bits per heavy atom. The fraction of sp³-hybridized carbons (Fsp3) is 0. The normalized spacial score (nSPS) is 10.4. The minimum absolute atomic E-state index is 0.119. The number of benzene rings is 2. The van der Waals surface area contributed by atoms with Crippen LogP contribution in [0.2, 0.25) is 0 Å². The number of nitrogens with one attached hydrogen (secondary N) is 1. The number of urea groups is 1. The lowest BCUT2D eigenvalue weighted by Crippen LogP contribution is -2.19. The fourth-order valence-electron chi connectivity index (χ4n) is 1.69. The number of aromatic hydroxyl groups is 3. The van der Waals surface area contributed by atoms with E-state index < -0.39 is 6.03 Å². The third-order valence-electron chi connectivity index (χ3n) is 2.26. The quantitative estimate of drug-likeness (QED) is 0.513. The van der Waals surface area contributed by atoms with E-state index >= 15 is 0 Å². The number of amides is 2. The number of carbonyl (C=O) groups is 1. The second-order valence-corrected chi connectivity index (χ2v) is 3.55. The molecular formula is C11H10N2O4. The fourth-order valence-corrected chi connectivity index (χ4v) is 1.69. The Morgan fingerprint density at radius 2 is 1.65 bits per heavy atom. The van der Waals surface area contributed by atoms with Crippen LogP contribution in [0, 0.1) is 0 Å². The second kappa shape index (κ2) is 3.75. The van der Waals surface area contributed by atoms with Crippen molar-refractivity contribution >= 4 is 22.5 Å². The van der Waals surface area contributed by atoms with E-state index in [1.165, 1.54) is 18.2 Å². The van der Waals surface area contributed by atoms with Gasteiger partial charge >= 0.3 is 6.03 Å². The highest BCUT2D eigenvalue weighted by Gasteiger charge is 2.11. The third-order valence-corrected chi connectivity index (χ3v) is 2.26. The van der Waals surface area contributed by atoms with Gasteiger partial charge in [0.1, 0.15) is 17.2 Å². The minimum Gasteiger partial charge on any atom is -0.508 e. The highest BCUT2D eigenvalue weighted by atomic mass is 16.3. The minimum atomic E-state index is -0.815. The van der Waals surface area contributed by atoms with Gasteiger partial charge in [0.25, 0.3) is 0 Å². The molecule has 2 aromatic rings. The third kappa shape index (κ3) is 2.00. The van der Waals surface area contributed by atoms with E-state index in [9.17, 15) is 20.1 Å². The van der Waals surface area contributed by atoms with Crippen LogP contribution >= 0.6 is 0 Å². The Kier molecular flexibility index (Phi) is 2.40. The molecule has 17 heavy (non-hydrogen) atoms. The Bertz CT molecular complexity index is 605. The van der Waals surface area contributed by atoms with Gasteiger partial charge in [0.15, 0.2) is 0 Å². The van der Waals surface area contributed by atoms with E-state index in [0.29, 0.717) is 10.8 Å². The molecule has 0 bridgehead atoms. The molecule has 0 radical (unpaired) electrons. The number of nitrogens with two attached hydrogens (primary N) is 1. The van der Waals surface area contributed by atoms with E-state index in [2.05, 4.69) is 5.32 Å². The van der Waals surface area contributed by atoms with Gasteiger partial charge in [0.05, 0.1) is 5.69 Å². The molecule has 0 saturated carbocycles. The van der Waals surface area contributed by atoms with Gasteiger partial charge < -0.3 is 26.4 Å². The summed E-state index contributed by atoms with van der Waals surface area (Å²) in [5.41, 5.74) is 5.15. The number of fused-ring (bicyclic) bond motifs is 1. The zero-order chi connectivity index (χ0) is 12.6. The Balaban J connectivity index is 2.77. The topological polar surface area (TPSA) is 116 Å². The Morgan fingerprint density at radius 1 is 1.06 bits per heavy atom. The van der Waals surface area contributed by atoms with Crippen molar-refractivity contribution in [3.05, 3.63) is 24.3 Å². The second-order valence-electron chi connectivity index (χ2n) is 3.55. The van der Waals surface area contributed by atoms with E-state index in [0.717, 1.165) is 6.07 Å². The molecular weight excluding hydrogens is 224 g/mol. The molecule has 0 saturated heterocycles. The largest absolute Gasteiger partial charge is 0.508 e. The first-order valence-electron chi connectivity index (χ1n) is 4.72. The molecule has 0 spiro atoms. The number of primary amides is 1. The average molecular weight is 234 g/mol. The Hall–Kier alpha value is -2.63. The number of carbonyl (C=O) groups excluding carboxylic acids is 1. The van der Waals surface area contributed by atoms with Crippen molar-refractivity contribution in [2.24, 2.45) is 5.73 Å². The number of anilines is 1. The molecule has 0 heterocycles. The van der Waals surface area contributed by atoms with Crippen LogP contribution in [0.3, 0.4) is 0 Å². The summed E-state index contributed by atoms with van der Waals surface area (Å²) in [6.07, 6.45) is 0. The predicted octanol–water partition coefficient (Wildman–Crippen LogP) is 1.45. The average Bonchev–Trinajstić information content (AvgIpc) is 2.13. The van der Waals surface area contributed by atoms with Crippen LogP contribution in [0.4, 0.5) is 10.5 Å². The molecule has 6 nitrogen and oxygen atoms in total. The first-order chi connectivity index (χ1) is 7.97. The van der Waals surface area contributed by atoms with Crippen molar-refractivity contribution in [3.8, 4) is 17.2 Å². The van der Waals surface area contributed by atoms with Crippen molar-refractivity contribution in [1.82, 2.24) is 0 Å². The molecule has 2 rings (SSSR count). The van der Waals surface area contributed by atoms with Crippen LogP contribution in [0.1, 0.15) is 0 Å². The summed E-state index contributed by atoms with van der Waals surface area (Å²) in [5.74, 6) is -0.486. The first kappa shape index (κ1) is 10.9. The van der Waals surface area contributed by atoms with E-state index in [1.54, 1.807) is 0 Å². The van der Waals surface area contributed by atoms with Gasteiger partial charge in [-0.05, 0) is 17.5 Å². The van der Waals surface area contributed by atoms with E-state index in [-0.39, 0.29) is 22.9 Å². The van der Waals surface area contributed by atoms with Crippen molar-refractivity contribution in [2.75, 3.05) is 5.32 Å². The number of hydrogen-bond donors (Lipinski definition) is 5. The van der Waals surface area contributed by atoms with E-state index in [1.807, 2.05) is 0 Å². The van der Waals surface area contributed by atoms with Crippen molar-refractivity contribution in [3.63, 3.8) is 0 Å². The lowest BCUT2D eigenvalue weighted by Gasteiger charge is -2.10. The number of phenolic OH excluding ortho intramolecular Hbond substituents is 3.